The van der Waals surface area contributed by atoms with Crippen LogP contribution < -0.4 is 15.2 Å². The number of carbonyl (C=O) groups is 1. The van der Waals surface area contributed by atoms with Gasteiger partial charge in [0.25, 0.3) is 6.71 Å². The summed E-state index contributed by atoms with van der Waals surface area (Å²) in [5.41, 5.74) is 7.34. The number of aryl methyl sites for hydroxylation is 1. The molecule has 2 aliphatic heterocycles. The van der Waals surface area contributed by atoms with Gasteiger partial charge in [0.2, 0.25) is 5.91 Å². The van der Waals surface area contributed by atoms with E-state index >= 15 is 0 Å². The van der Waals surface area contributed by atoms with Gasteiger partial charge < -0.3 is 19.9 Å². The lowest BCUT2D eigenvalue weighted by molar-refractivity contribution is -0.118. The lowest BCUT2D eigenvalue weighted by Crippen LogP contribution is -2.32. The number of amides is 1. The highest BCUT2D eigenvalue weighted by atomic mass is 19.1. The predicted molar refractivity (Wildman–Crippen MR) is 118 cm³/mol. The third kappa shape index (κ3) is 5.22. The fourth-order valence-corrected chi connectivity index (χ4v) is 4.50. The third-order valence-electron chi connectivity index (χ3n) is 6.12. The first kappa shape index (κ1) is 22.2. The number of hydrogen-bond acceptors (Lipinski definition) is 5. The summed E-state index contributed by atoms with van der Waals surface area (Å²) in [6, 6.07) is 9.60. The minimum Gasteiger partial charge on any atom is -0.487 e. The van der Waals surface area contributed by atoms with Crippen molar-refractivity contribution in [1.29, 1.82) is 5.26 Å². The van der Waals surface area contributed by atoms with Crippen molar-refractivity contribution in [3.8, 4) is 23.2 Å². The van der Waals surface area contributed by atoms with E-state index in [-0.39, 0.29) is 25.1 Å². The van der Waals surface area contributed by atoms with Crippen LogP contribution in [0.2, 0.25) is 6.32 Å². The molecule has 6 nitrogen and oxygen atoms in total. The monoisotopic (exact) mass is 436 g/mol. The minimum atomic E-state index is -0.453. The van der Waals surface area contributed by atoms with E-state index in [1.54, 1.807) is 12.1 Å². The van der Waals surface area contributed by atoms with Crippen molar-refractivity contribution in [2.75, 3.05) is 13.2 Å². The summed E-state index contributed by atoms with van der Waals surface area (Å²) < 4.78 is 31.6. The van der Waals surface area contributed by atoms with Crippen LogP contribution in [-0.2, 0) is 16.0 Å². The summed E-state index contributed by atoms with van der Waals surface area (Å²) in [5.74, 6) is 2.43. The number of ether oxygens (including phenoxy) is 3. The number of nitrogens with two attached hydrogens (primary N) is 1. The lowest BCUT2D eigenvalue weighted by Gasteiger charge is -2.29. The molecule has 0 saturated carbocycles. The van der Waals surface area contributed by atoms with E-state index in [1.807, 2.05) is 12.1 Å². The molecule has 2 heterocycles. The Balaban J connectivity index is 1.68. The molecule has 2 aliphatic rings. The second kappa shape index (κ2) is 10.1. The number of nitrogens with zero attached hydrogens (tertiary/aromatic N) is 1. The highest BCUT2D eigenvalue weighted by Gasteiger charge is 2.35. The Morgan fingerprint density at radius 3 is 2.88 bits per heavy atom. The van der Waals surface area contributed by atoms with Gasteiger partial charge in [-0.2, -0.15) is 0 Å². The maximum absolute atomic E-state index is 13.7. The highest BCUT2D eigenvalue weighted by molar-refractivity contribution is 6.69. The van der Waals surface area contributed by atoms with Gasteiger partial charge >= 0.3 is 0 Å². The second-order valence-electron chi connectivity index (χ2n) is 8.41. The molecule has 4 rings (SSSR count). The fourth-order valence-electron chi connectivity index (χ4n) is 4.50. The number of fused-ring (bicyclic) bond motifs is 1. The normalized spacial score (nSPS) is 20.2. The van der Waals surface area contributed by atoms with Crippen LogP contribution in [0.3, 0.4) is 0 Å². The summed E-state index contributed by atoms with van der Waals surface area (Å²) in [7, 11) is 0. The number of carbonyl (C=O) groups excluding carboxylic acids is 1. The molecular weight excluding hydrogens is 410 g/mol. The Labute approximate surface area is 187 Å². The molecule has 0 bridgehead atoms. The molecule has 166 valence electrons. The Morgan fingerprint density at radius 2 is 2.16 bits per heavy atom. The van der Waals surface area contributed by atoms with Gasteiger partial charge in [0.15, 0.2) is 11.5 Å². The quantitative estimate of drug-likeness (QED) is 0.658. The number of rotatable bonds is 7. The van der Waals surface area contributed by atoms with Gasteiger partial charge in [-0.15, -0.1) is 0 Å². The van der Waals surface area contributed by atoms with Crippen molar-refractivity contribution in [3.05, 3.63) is 53.3 Å². The first-order valence-corrected chi connectivity index (χ1v) is 11.1. The van der Waals surface area contributed by atoms with Crippen molar-refractivity contribution >= 4 is 12.6 Å². The minimum absolute atomic E-state index is 0.0207. The van der Waals surface area contributed by atoms with E-state index in [0.29, 0.717) is 36.6 Å². The van der Waals surface area contributed by atoms with Crippen molar-refractivity contribution in [2.45, 2.75) is 50.3 Å². The molecule has 32 heavy (non-hydrogen) atoms. The molecule has 0 radical (unpaired) electrons. The molecule has 0 aromatic heterocycles. The number of nitriles is 1. The van der Waals surface area contributed by atoms with Gasteiger partial charge in [-0.3, -0.25) is 4.79 Å². The zero-order valence-corrected chi connectivity index (χ0v) is 17.9. The zero-order valence-electron chi connectivity index (χ0n) is 17.9. The highest BCUT2D eigenvalue weighted by Crippen LogP contribution is 2.42. The van der Waals surface area contributed by atoms with Crippen molar-refractivity contribution in [2.24, 2.45) is 5.73 Å². The maximum Gasteiger partial charge on any atom is 0.276 e. The Hall–Kier alpha value is -3.05. The topological polar surface area (TPSA) is 94.6 Å². The van der Waals surface area contributed by atoms with Gasteiger partial charge in [-0.1, -0.05) is 12.4 Å². The van der Waals surface area contributed by atoms with Crippen molar-refractivity contribution in [1.82, 2.24) is 0 Å². The first-order valence-electron chi connectivity index (χ1n) is 11.1. The molecule has 0 spiro atoms. The molecule has 2 atom stereocenters. The Bertz CT molecular complexity index is 1020. The predicted octanol–water partition coefficient (Wildman–Crippen LogP) is 4.18. The van der Waals surface area contributed by atoms with E-state index in [4.69, 9.17) is 19.9 Å². The molecule has 2 aromatic rings. The lowest BCUT2D eigenvalue weighted by atomic mass is 9.35. The molecule has 0 aliphatic carbocycles. The fraction of sp³-hybridized carbons (Fsp3) is 0.417. The van der Waals surface area contributed by atoms with E-state index in [0.717, 1.165) is 37.0 Å². The standard InChI is InChI=1S/C24H26BFN2O4/c26-17-4-3-6-18(11-17)32-23-12-20-16(7-8-25(15-27)21(20)13-24(28)29)10-22(23)31-14-19-5-1-2-9-30-19/h3-4,6,10-12,19,21H,1-2,5,7-9,13-14H2,(H2,28,29). The zero-order chi connectivity index (χ0) is 22.5. The van der Waals surface area contributed by atoms with Crippen molar-refractivity contribution in [3.63, 3.8) is 0 Å². The van der Waals surface area contributed by atoms with Gasteiger partial charge in [-0.05, 0) is 66.9 Å². The molecular formula is C24H26BFN2O4. The van der Waals surface area contributed by atoms with E-state index in [2.05, 4.69) is 5.97 Å². The van der Waals surface area contributed by atoms with Gasteiger partial charge in [0.05, 0.1) is 6.10 Å². The van der Waals surface area contributed by atoms with Crippen LogP contribution in [0, 0.1) is 17.0 Å². The van der Waals surface area contributed by atoms with E-state index in [9.17, 15) is 14.4 Å². The summed E-state index contributed by atoms with van der Waals surface area (Å²) in [6.07, 6.45) is 4.55. The first-order chi connectivity index (χ1) is 15.5. The smallest absolute Gasteiger partial charge is 0.276 e. The largest absolute Gasteiger partial charge is 0.487 e. The van der Waals surface area contributed by atoms with Crippen LogP contribution >= 0.6 is 0 Å². The van der Waals surface area contributed by atoms with Crippen LogP contribution in [0.15, 0.2) is 36.4 Å². The van der Waals surface area contributed by atoms with Crippen LogP contribution in [-0.4, -0.2) is 31.9 Å². The second-order valence-corrected chi connectivity index (χ2v) is 8.41. The molecule has 1 amide bonds. The Kier molecular flexibility index (Phi) is 6.96. The molecule has 2 N–H and O–H groups in total. The molecule has 8 heteroatoms. The van der Waals surface area contributed by atoms with E-state index in [1.165, 1.54) is 12.1 Å². The van der Waals surface area contributed by atoms with Crippen LogP contribution in [0.25, 0.3) is 0 Å². The van der Waals surface area contributed by atoms with Gasteiger partial charge in [0, 0.05) is 25.1 Å². The van der Waals surface area contributed by atoms with Crippen LogP contribution in [0.4, 0.5) is 4.39 Å². The number of hydrogen-bond donors (Lipinski definition) is 1. The molecule has 2 unspecified atom stereocenters. The molecule has 1 saturated heterocycles. The summed E-state index contributed by atoms with van der Waals surface area (Å²) in [4.78, 5) is 11.7. The third-order valence-corrected chi connectivity index (χ3v) is 6.12. The Morgan fingerprint density at radius 1 is 1.28 bits per heavy atom. The molecule has 2 aromatic carbocycles. The van der Waals surface area contributed by atoms with E-state index < -0.39 is 11.7 Å². The van der Waals surface area contributed by atoms with Gasteiger partial charge in [-0.25, -0.2) is 9.65 Å². The summed E-state index contributed by atoms with van der Waals surface area (Å²) in [5, 5.41) is 9.60. The number of halogens is 1. The maximum atomic E-state index is 13.7. The van der Waals surface area contributed by atoms with Crippen LogP contribution in [0.5, 0.6) is 17.2 Å². The SMILES string of the molecule is N#CB1CCc2cc(OCC3CCCCO3)c(Oc3cccc(F)c3)cc2C1CC(N)=O. The average molecular weight is 436 g/mol. The number of primary amides is 1. The average Bonchev–Trinajstić information content (AvgIpc) is 2.78. The van der Waals surface area contributed by atoms with Gasteiger partial charge in [0.1, 0.15) is 18.2 Å². The van der Waals surface area contributed by atoms with Crippen LogP contribution in [0.1, 0.15) is 42.6 Å². The molecule has 1 fully saturated rings. The number of benzene rings is 2. The van der Waals surface area contributed by atoms with Crippen molar-refractivity contribution < 1.29 is 23.4 Å². The summed E-state index contributed by atoms with van der Waals surface area (Å²) in [6.45, 7) is 0.818. The summed E-state index contributed by atoms with van der Waals surface area (Å²) >= 11 is 0.